The van der Waals surface area contributed by atoms with Gasteiger partial charge in [-0.2, -0.15) is 0 Å². The number of hydrogen-bond acceptors (Lipinski definition) is 2. The highest BCUT2D eigenvalue weighted by Crippen LogP contribution is 2.07. The fourth-order valence-corrected chi connectivity index (χ4v) is 1.52. The fraction of sp³-hybridized carbons (Fsp3) is 0.300. The van der Waals surface area contributed by atoms with E-state index in [1.54, 1.807) is 19.1 Å². The molecule has 4 heteroatoms. The van der Waals surface area contributed by atoms with Crippen molar-refractivity contribution in [3.8, 4) is 0 Å². The average Bonchev–Trinajstić information content (AvgIpc) is 2.14. The minimum absolute atomic E-state index is 0.149. The summed E-state index contributed by atoms with van der Waals surface area (Å²) in [5.74, 6) is -0.149. The lowest BCUT2D eigenvalue weighted by molar-refractivity contribution is 0.0924. The van der Waals surface area contributed by atoms with E-state index in [2.05, 4.69) is 27.9 Å². The molecule has 0 fully saturated rings. The van der Waals surface area contributed by atoms with Crippen LogP contribution in [0.5, 0.6) is 0 Å². The lowest BCUT2D eigenvalue weighted by Gasteiger charge is -2.06. The summed E-state index contributed by atoms with van der Waals surface area (Å²) in [6.45, 7) is 1.92. The predicted molar refractivity (Wildman–Crippen MR) is 63.2 cm³/mol. The molecule has 1 aromatic carbocycles. The molecule has 0 unspecified atom stereocenters. The number of rotatable bonds is 3. The second-order valence-corrected chi connectivity index (χ2v) is 4.32. The van der Waals surface area contributed by atoms with E-state index in [-0.39, 0.29) is 12.5 Å². The summed E-state index contributed by atoms with van der Waals surface area (Å²) in [4.78, 5) is 11.5. The molecule has 3 nitrogen and oxygen atoms in total. The molecule has 0 bridgehead atoms. The van der Waals surface area contributed by atoms with Gasteiger partial charge in [-0.25, -0.2) is 0 Å². The molecule has 0 aromatic heterocycles. The van der Waals surface area contributed by atoms with Gasteiger partial charge < -0.3 is 10.4 Å². The van der Waals surface area contributed by atoms with E-state index in [0.717, 1.165) is 3.57 Å². The minimum Gasteiger partial charge on any atom is -0.392 e. The van der Waals surface area contributed by atoms with Crippen molar-refractivity contribution < 1.29 is 9.90 Å². The quantitative estimate of drug-likeness (QED) is 0.830. The molecule has 2 N–H and O–H groups in total. The van der Waals surface area contributed by atoms with Gasteiger partial charge in [0.25, 0.3) is 5.91 Å². The summed E-state index contributed by atoms with van der Waals surface area (Å²) in [5, 5.41) is 11.6. The molecule has 76 valence electrons. The van der Waals surface area contributed by atoms with Gasteiger partial charge in [0.15, 0.2) is 0 Å². The zero-order chi connectivity index (χ0) is 10.6. The molecular formula is C10H12INO2. The number of aliphatic hydroxyl groups excluding tert-OH is 1. The highest BCUT2D eigenvalue weighted by molar-refractivity contribution is 14.1. The Hall–Kier alpha value is -0.620. The molecule has 0 radical (unpaired) electrons. The number of benzene rings is 1. The van der Waals surface area contributed by atoms with Crippen molar-refractivity contribution in [2.75, 3.05) is 6.54 Å². The third-order valence-electron chi connectivity index (χ3n) is 1.64. The van der Waals surface area contributed by atoms with E-state index in [1.807, 2.05) is 12.1 Å². The molecule has 1 amide bonds. The van der Waals surface area contributed by atoms with Gasteiger partial charge in [-0.3, -0.25) is 4.79 Å². The zero-order valence-electron chi connectivity index (χ0n) is 7.83. The monoisotopic (exact) mass is 305 g/mol. The molecule has 14 heavy (non-hydrogen) atoms. The van der Waals surface area contributed by atoms with Crippen LogP contribution in [0.4, 0.5) is 0 Å². The molecule has 0 aliphatic carbocycles. The summed E-state index contributed by atoms with van der Waals surface area (Å²) in [6.07, 6.45) is -0.512. The fourth-order valence-electron chi connectivity index (χ4n) is 0.972. The van der Waals surface area contributed by atoms with Gasteiger partial charge in [0, 0.05) is 15.7 Å². The van der Waals surface area contributed by atoms with Crippen LogP contribution in [-0.2, 0) is 0 Å². The molecule has 0 saturated heterocycles. The molecule has 1 aromatic rings. The second-order valence-electron chi connectivity index (χ2n) is 3.07. The van der Waals surface area contributed by atoms with Gasteiger partial charge in [-0.05, 0) is 47.7 Å². The number of nitrogens with one attached hydrogen (secondary N) is 1. The second kappa shape index (κ2) is 5.31. The number of carbonyl (C=O) groups is 1. The van der Waals surface area contributed by atoms with E-state index >= 15 is 0 Å². The summed E-state index contributed by atoms with van der Waals surface area (Å²) < 4.78 is 1.02. The van der Waals surface area contributed by atoms with Crippen molar-refractivity contribution in [2.24, 2.45) is 0 Å². The van der Waals surface area contributed by atoms with Crippen molar-refractivity contribution in [2.45, 2.75) is 13.0 Å². The van der Waals surface area contributed by atoms with Crippen LogP contribution in [0.3, 0.4) is 0 Å². The molecule has 0 aliphatic rings. The Kier molecular flexibility index (Phi) is 4.34. The number of aliphatic hydroxyl groups is 1. The Morgan fingerprint density at radius 3 is 2.93 bits per heavy atom. The lowest BCUT2D eigenvalue weighted by Crippen LogP contribution is -2.30. The summed E-state index contributed by atoms with van der Waals surface area (Å²) in [5.41, 5.74) is 0.623. The molecule has 0 spiro atoms. The summed E-state index contributed by atoms with van der Waals surface area (Å²) in [6, 6.07) is 7.31. The van der Waals surface area contributed by atoms with Crippen LogP contribution >= 0.6 is 22.6 Å². The Bertz CT molecular complexity index is 326. The highest BCUT2D eigenvalue weighted by atomic mass is 127. The van der Waals surface area contributed by atoms with Crippen LogP contribution in [-0.4, -0.2) is 23.7 Å². The third-order valence-corrected chi connectivity index (χ3v) is 2.32. The normalized spacial score (nSPS) is 12.2. The Labute approximate surface area is 96.7 Å². The van der Waals surface area contributed by atoms with E-state index in [4.69, 9.17) is 5.11 Å². The first-order valence-electron chi connectivity index (χ1n) is 4.31. The van der Waals surface area contributed by atoms with Crippen LogP contribution in [0.1, 0.15) is 17.3 Å². The third kappa shape index (κ3) is 3.63. The maximum atomic E-state index is 11.5. The molecule has 0 aliphatic heterocycles. The smallest absolute Gasteiger partial charge is 0.251 e. The van der Waals surface area contributed by atoms with Gasteiger partial charge in [0.05, 0.1) is 6.10 Å². The maximum Gasteiger partial charge on any atom is 0.251 e. The van der Waals surface area contributed by atoms with E-state index in [9.17, 15) is 4.79 Å². The topological polar surface area (TPSA) is 49.3 Å². The van der Waals surface area contributed by atoms with Crippen molar-refractivity contribution in [3.05, 3.63) is 33.4 Å². The Morgan fingerprint density at radius 2 is 2.36 bits per heavy atom. The number of amides is 1. The first-order valence-corrected chi connectivity index (χ1v) is 5.39. The molecular weight excluding hydrogens is 293 g/mol. The molecule has 0 saturated carbocycles. The SMILES string of the molecule is C[C@H](O)CNC(=O)c1cccc(I)c1. The molecule has 1 atom stereocenters. The van der Waals surface area contributed by atoms with Crippen LogP contribution < -0.4 is 5.32 Å². The van der Waals surface area contributed by atoms with Crippen molar-refractivity contribution in [1.82, 2.24) is 5.32 Å². The van der Waals surface area contributed by atoms with Gasteiger partial charge in [-0.15, -0.1) is 0 Å². The van der Waals surface area contributed by atoms with Crippen LogP contribution in [0.15, 0.2) is 24.3 Å². The minimum atomic E-state index is -0.512. The predicted octanol–water partition coefficient (Wildman–Crippen LogP) is 1.40. The van der Waals surface area contributed by atoms with Gasteiger partial charge >= 0.3 is 0 Å². The van der Waals surface area contributed by atoms with Crippen molar-refractivity contribution in [3.63, 3.8) is 0 Å². The molecule has 1 rings (SSSR count). The Morgan fingerprint density at radius 1 is 1.64 bits per heavy atom. The van der Waals surface area contributed by atoms with E-state index < -0.39 is 6.10 Å². The van der Waals surface area contributed by atoms with E-state index in [0.29, 0.717) is 5.56 Å². The molecule has 0 heterocycles. The lowest BCUT2D eigenvalue weighted by atomic mass is 10.2. The van der Waals surface area contributed by atoms with E-state index in [1.165, 1.54) is 0 Å². The maximum absolute atomic E-state index is 11.5. The van der Waals surface area contributed by atoms with Crippen LogP contribution in [0.2, 0.25) is 0 Å². The van der Waals surface area contributed by atoms with Gasteiger partial charge in [0.2, 0.25) is 0 Å². The Balaban J connectivity index is 2.61. The highest BCUT2D eigenvalue weighted by Gasteiger charge is 2.05. The number of hydrogen-bond donors (Lipinski definition) is 2. The average molecular weight is 305 g/mol. The number of carbonyl (C=O) groups excluding carboxylic acids is 1. The van der Waals surface area contributed by atoms with Crippen molar-refractivity contribution in [1.29, 1.82) is 0 Å². The van der Waals surface area contributed by atoms with Crippen LogP contribution in [0, 0.1) is 3.57 Å². The van der Waals surface area contributed by atoms with Crippen molar-refractivity contribution >= 4 is 28.5 Å². The first kappa shape index (κ1) is 11.5. The number of halogens is 1. The summed E-state index contributed by atoms with van der Waals surface area (Å²) in [7, 11) is 0. The van der Waals surface area contributed by atoms with Gasteiger partial charge in [0.1, 0.15) is 0 Å². The standard InChI is InChI=1S/C10H12INO2/c1-7(13)6-12-10(14)8-3-2-4-9(11)5-8/h2-5,7,13H,6H2,1H3,(H,12,14)/t7-/m0/s1. The largest absolute Gasteiger partial charge is 0.392 e. The summed E-state index contributed by atoms with van der Waals surface area (Å²) >= 11 is 2.15. The van der Waals surface area contributed by atoms with Gasteiger partial charge in [-0.1, -0.05) is 6.07 Å². The first-order chi connectivity index (χ1) is 6.59. The van der Waals surface area contributed by atoms with Crippen LogP contribution in [0.25, 0.3) is 0 Å². The zero-order valence-corrected chi connectivity index (χ0v) is 9.98.